The number of nitrogens with zero attached hydrogens (tertiary/aromatic N) is 1. The summed E-state index contributed by atoms with van der Waals surface area (Å²) in [5, 5.41) is 0.698. The van der Waals surface area contributed by atoms with E-state index in [-0.39, 0.29) is 0 Å². The van der Waals surface area contributed by atoms with Crippen LogP contribution in [0.3, 0.4) is 0 Å². The van der Waals surface area contributed by atoms with Gasteiger partial charge in [0.2, 0.25) is 0 Å². The van der Waals surface area contributed by atoms with E-state index < -0.39 is 0 Å². The van der Waals surface area contributed by atoms with Crippen LogP contribution in [-0.2, 0) is 4.74 Å². The van der Waals surface area contributed by atoms with Gasteiger partial charge in [-0.2, -0.15) is 0 Å². The van der Waals surface area contributed by atoms with Crippen LogP contribution in [0, 0.1) is 0 Å². The molecule has 1 atom stereocenters. The Labute approximate surface area is 107 Å². The van der Waals surface area contributed by atoms with E-state index in [4.69, 9.17) is 22.1 Å². The van der Waals surface area contributed by atoms with E-state index in [0.29, 0.717) is 11.1 Å². The molecule has 3 nitrogen and oxygen atoms in total. The number of para-hydroxylation sites is 1. The molecule has 1 aromatic carbocycles. The maximum absolute atomic E-state index is 6.18. The molecule has 94 valence electrons. The highest BCUT2D eigenvalue weighted by Gasteiger charge is 2.18. The topological polar surface area (TPSA) is 38.5 Å². The molecular weight excluding hydrogens is 236 g/mol. The van der Waals surface area contributed by atoms with Crippen LogP contribution in [0.2, 0.25) is 5.02 Å². The molecule has 17 heavy (non-hydrogen) atoms. The minimum absolute atomic E-state index is 0.296. The zero-order valence-corrected chi connectivity index (χ0v) is 10.9. The molecule has 1 heterocycles. The lowest BCUT2D eigenvalue weighted by Crippen LogP contribution is -2.33. The number of likely N-dealkylation sites (N-methyl/N-ethyl adjacent to an activating group) is 1. The minimum atomic E-state index is 0.296. The van der Waals surface area contributed by atoms with E-state index in [0.717, 1.165) is 30.9 Å². The summed E-state index contributed by atoms with van der Waals surface area (Å²) in [4.78, 5) is 2.09. The molecule has 1 fully saturated rings. The van der Waals surface area contributed by atoms with Gasteiger partial charge in [0.05, 0.1) is 22.5 Å². The van der Waals surface area contributed by atoms with Crippen LogP contribution < -0.4 is 10.6 Å². The van der Waals surface area contributed by atoms with Crippen molar-refractivity contribution in [2.75, 3.05) is 30.8 Å². The second-order valence-corrected chi connectivity index (χ2v) is 4.95. The molecule has 0 amide bonds. The van der Waals surface area contributed by atoms with Gasteiger partial charge in [-0.05, 0) is 31.4 Å². The number of halogens is 1. The Bertz CT molecular complexity index is 357. The van der Waals surface area contributed by atoms with Gasteiger partial charge in [0.1, 0.15) is 0 Å². The molecule has 0 saturated carbocycles. The zero-order chi connectivity index (χ0) is 12.3. The van der Waals surface area contributed by atoms with E-state index in [1.807, 2.05) is 25.2 Å². The Hall–Kier alpha value is -0.930. The molecule has 2 N–H and O–H groups in total. The zero-order valence-electron chi connectivity index (χ0n) is 10.2. The molecule has 0 aliphatic carbocycles. The highest BCUT2D eigenvalue weighted by Crippen LogP contribution is 2.31. The average Bonchev–Trinajstić information content (AvgIpc) is 2.30. The van der Waals surface area contributed by atoms with Crippen molar-refractivity contribution in [2.24, 2.45) is 0 Å². The molecule has 4 heteroatoms. The summed E-state index contributed by atoms with van der Waals surface area (Å²) in [6.07, 6.45) is 3.84. The lowest BCUT2D eigenvalue weighted by Gasteiger charge is -2.29. The Morgan fingerprint density at radius 1 is 1.47 bits per heavy atom. The van der Waals surface area contributed by atoms with Crippen molar-refractivity contribution in [3.05, 3.63) is 23.2 Å². The number of anilines is 2. The van der Waals surface area contributed by atoms with Crippen molar-refractivity contribution in [1.82, 2.24) is 0 Å². The van der Waals surface area contributed by atoms with Gasteiger partial charge in [-0.1, -0.05) is 17.7 Å². The van der Waals surface area contributed by atoms with Crippen molar-refractivity contribution in [1.29, 1.82) is 0 Å². The Morgan fingerprint density at radius 3 is 2.94 bits per heavy atom. The normalized spacial score (nSPS) is 20.2. The minimum Gasteiger partial charge on any atom is -0.397 e. The maximum atomic E-state index is 6.18. The summed E-state index contributed by atoms with van der Waals surface area (Å²) >= 11 is 6.18. The highest BCUT2D eigenvalue weighted by molar-refractivity contribution is 6.33. The van der Waals surface area contributed by atoms with Gasteiger partial charge < -0.3 is 15.4 Å². The molecule has 0 radical (unpaired) electrons. The molecule has 2 rings (SSSR count). The van der Waals surface area contributed by atoms with Gasteiger partial charge in [0.15, 0.2) is 0 Å². The maximum Gasteiger partial charge on any atom is 0.0787 e. The summed E-state index contributed by atoms with van der Waals surface area (Å²) in [6.45, 7) is 1.71. The first-order valence-corrected chi connectivity index (χ1v) is 6.43. The van der Waals surface area contributed by atoms with Crippen molar-refractivity contribution >= 4 is 23.0 Å². The van der Waals surface area contributed by atoms with Crippen molar-refractivity contribution in [3.8, 4) is 0 Å². The number of rotatable bonds is 3. The molecule has 1 aliphatic rings. The molecule has 1 aliphatic heterocycles. The van der Waals surface area contributed by atoms with Gasteiger partial charge >= 0.3 is 0 Å². The molecule has 0 spiro atoms. The second-order valence-electron chi connectivity index (χ2n) is 4.55. The summed E-state index contributed by atoms with van der Waals surface area (Å²) in [5.74, 6) is 0. The van der Waals surface area contributed by atoms with Gasteiger partial charge in [-0.15, -0.1) is 0 Å². The van der Waals surface area contributed by atoms with Crippen molar-refractivity contribution in [3.63, 3.8) is 0 Å². The van der Waals surface area contributed by atoms with E-state index in [1.165, 1.54) is 12.8 Å². The van der Waals surface area contributed by atoms with Crippen LogP contribution >= 0.6 is 11.6 Å². The van der Waals surface area contributed by atoms with Crippen LogP contribution in [0.5, 0.6) is 0 Å². The van der Waals surface area contributed by atoms with Crippen molar-refractivity contribution in [2.45, 2.75) is 25.4 Å². The Morgan fingerprint density at radius 2 is 2.29 bits per heavy atom. The summed E-state index contributed by atoms with van der Waals surface area (Å²) < 4.78 is 5.72. The first-order valence-electron chi connectivity index (χ1n) is 6.05. The van der Waals surface area contributed by atoms with Gasteiger partial charge in [0.25, 0.3) is 0 Å². The number of ether oxygens (including phenoxy) is 1. The molecular formula is C13H19ClN2O. The lowest BCUT2D eigenvalue weighted by molar-refractivity contribution is 0.0216. The predicted octanol–water partition coefficient (Wildman–Crippen LogP) is 2.93. The Kier molecular flexibility index (Phi) is 4.13. The van der Waals surface area contributed by atoms with Crippen LogP contribution in [-0.4, -0.2) is 26.3 Å². The predicted molar refractivity (Wildman–Crippen MR) is 72.7 cm³/mol. The summed E-state index contributed by atoms with van der Waals surface area (Å²) in [7, 11) is 2.01. The van der Waals surface area contributed by atoms with Crippen LogP contribution in [0.1, 0.15) is 19.3 Å². The first kappa shape index (κ1) is 12.5. The quantitative estimate of drug-likeness (QED) is 0.843. The fourth-order valence-electron chi connectivity index (χ4n) is 2.28. The summed E-state index contributed by atoms with van der Waals surface area (Å²) in [5.41, 5.74) is 7.58. The number of nitrogens with two attached hydrogens (primary N) is 1. The van der Waals surface area contributed by atoms with Gasteiger partial charge in [-0.25, -0.2) is 0 Å². The van der Waals surface area contributed by atoms with Gasteiger partial charge in [-0.3, -0.25) is 0 Å². The SMILES string of the molecule is CN(CC1CCCCO1)c1c(N)cccc1Cl. The largest absolute Gasteiger partial charge is 0.397 e. The third kappa shape index (κ3) is 3.05. The van der Waals surface area contributed by atoms with Crippen molar-refractivity contribution < 1.29 is 4.74 Å². The van der Waals surface area contributed by atoms with E-state index >= 15 is 0 Å². The third-order valence-corrected chi connectivity index (χ3v) is 3.46. The van der Waals surface area contributed by atoms with E-state index in [2.05, 4.69) is 4.90 Å². The molecule has 1 aromatic rings. The highest BCUT2D eigenvalue weighted by atomic mass is 35.5. The van der Waals surface area contributed by atoms with Crippen LogP contribution in [0.15, 0.2) is 18.2 Å². The lowest BCUT2D eigenvalue weighted by atomic mass is 10.1. The van der Waals surface area contributed by atoms with E-state index in [9.17, 15) is 0 Å². The standard InChI is InChI=1S/C13H19ClN2O/c1-16(9-10-5-2-3-8-17-10)13-11(14)6-4-7-12(13)15/h4,6-7,10H,2-3,5,8-9,15H2,1H3. The number of hydrogen-bond donors (Lipinski definition) is 1. The number of hydrogen-bond acceptors (Lipinski definition) is 3. The first-order chi connectivity index (χ1) is 8.18. The third-order valence-electron chi connectivity index (χ3n) is 3.15. The molecule has 0 aromatic heterocycles. The monoisotopic (exact) mass is 254 g/mol. The fraction of sp³-hybridized carbons (Fsp3) is 0.538. The second kappa shape index (κ2) is 5.61. The molecule has 1 saturated heterocycles. The van der Waals surface area contributed by atoms with E-state index in [1.54, 1.807) is 0 Å². The average molecular weight is 255 g/mol. The van der Waals surface area contributed by atoms with Crippen LogP contribution in [0.25, 0.3) is 0 Å². The molecule has 0 bridgehead atoms. The molecule has 1 unspecified atom stereocenters. The fourth-order valence-corrected chi connectivity index (χ4v) is 2.61. The number of nitrogen functional groups attached to an aromatic ring is 1. The Balaban J connectivity index is 2.05. The summed E-state index contributed by atoms with van der Waals surface area (Å²) in [6, 6.07) is 5.61. The van der Waals surface area contributed by atoms with Crippen LogP contribution in [0.4, 0.5) is 11.4 Å². The van der Waals surface area contributed by atoms with Gasteiger partial charge in [0, 0.05) is 20.2 Å². The smallest absolute Gasteiger partial charge is 0.0787 e. The number of benzene rings is 1.